The molecule has 0 spiro atoms. The van der Waals surface area contributed by atoms with Crippen molar-refractivity contribution in [2.45, 2.75) is 76.0 Å². The largest absolute Gasteiger partial charge is 0.484 e. The van der Waals surface area contributed by atoms with Crippen LogP contribution in [0.15, 0.2) is 89.7 Å². The maximum absolute atomic E-state index is 13.4. The molecule has 2 unspecified atom stereocenters. The van der Waals surface area contributed by atoms with Gasteiger partial charge in [-0.05, 0) is 122 Å². The lowest BCUT2D eigenvalue weighted by molar-refractivity contribution is -0.125. The highest BCUT2D eigenvalue weighted by Gasteiger charge is 2.48. The molecule has 2 saturated carbocycles. The molecule has 4 atom stereocenters. The third-order valence-electron chi connectivity index (χ3n) is 12.8. The molecule has 3 fully saturated rings. The summed E-state index contributed by atoms with van der Waals surface area (Å²) in [5.74, 6) is 0.849. The first-order chi connectivity index (χ1) is 28.8. The second kappa shape index (κ2) is 16.8. The van der Waals surface area contributed by atoms with E-state index in [0.717, 1.165) is 90.1 Å². The van der Waals surface area contributed by atoms with Crippen LogP contribution in [0.25, 0.3) is 38.3 Å². The Kier molecular flexibility index (Phi) is 11.0. The number of carbonyl (C=O) groups is 4. The van der Waals surface area contributed by atoms with Crippen molar-refractivity contribution in [2.24, 2.45) is 17.6 Å². The zero-order valence-electron chi connectivity index (χ0n) is 33.4. The predicted octanol–water partition coefficient (Wildman–Crippen LogP) is 8.00. The number of furan rings is 1. The number of amides is 2. The van der Waals surface area contributed by atoms with E-state index in [2.05, 4.69) is 39.6 Å². The molecule has 2 amide bonds. The van der Waals surface area contributed by atoms with Crippen LogP contribution in [0.5, 0.6) is 5.75 Å². The van der Waals surface area contributed by atoms with Crippen LogP contribution in [0.3, 0.4) is 0 Å². The number of ether oxygens (including phenoxy) is 1. The summed E-state index contributed by atoms with van der Waals surface area (Å²) in [6, 6.07) is 23.7. The van der Waals surface area contributed by atoms with Gasteiger partial charge >= 0.3 is 0 Å². The van der Waals surface area contributed by atoms with Gasteiger partial charge in [-0.1, -0.05) is 43.2 Å². The summed E-state index contributed by atoms with van der Waals surface area (Å²) in [6.45, 7) is 3.83. The van der Waals surface area contributed by atoms with Crippen LogP contribution < -0.4 is 15.8 Å². The van der Waals surface area contributed by atoms with Gasteiger partial charge in [0.15, 0.2) is 6.61 Å². The SMILES string of the molecule is NC(=O)c1cccc2cn(-c3ccc([C@@H]4CCCN(CCCCCCNC(=O)COc5ccc6c(ccc7occ(C8CCC(=O)C[C@H]9CC9C8=O)c76)c5)C4)cc3)nc12. The Morgan fingerprint density at radius 2 is 1.81 bits per heavy atom. The van der Waals surface area contributed by atoms with Crippen molar-refractivity contribution in [2.75, 3.05) is 32.8 Å². The van der Waals surface area contributed by atoms with Crippen LogP contribution in [-0.4, -0.2) is 70.8 Å². The van der Waals surface area contributed by atoms with Gasteiger partial charge in [0.2, 0.25) is 0 Å². The number of fused-ring (bicyclic) bond motifs is 5. The second-order valence-corrected chi connectivity index (χ2v) is 16.8. The van der Waals surface area contributed by atoms with Gasteiger partial charge in [-0.25, -0.2) is 4.68 Å². The van der Waals surface area contributed by atoms with E-state index in [1.807, 2.05) is 53.3 Å². The van der Waals surface area contributed by atoms with Crippen LogP contribution in [0, 0.1) is 11.8 Å². The summed E-state index contributed by atoms with van der Waals surface area (Å²) in [5.41, 5.74) is 10.5. The molecule has 3 heterocycles. The molecule has 59 heavy (non-hydrogen) atoms. The number of nitrogens with two attached hydrogens (primary N) is 1. The number of rotatable bonds is 14. The van der Waals surface area contributed by atoms with Crippen LogP contribution in [0.1, 0.15) is 97.5 Å². The lowest BCUT2D eigenvalue weighted by Crippen LogP contribution is -2.35. The summed E-state index contributed by atoms with van der Waals surface area (Å²) in [4.78, 5) is 52.9. The monoisotopic (exact) mass is 793 g/mol. The number of likely N-dealkylation sites (tertiary alicyclic amines) is 1. The molecule has 4 aromatic carbocycles. The second-order valence-electron chi connectivity index (χ2n) is 16.8. The standard InChI is InChI=1S/C48H51N5O6/c49-48(57)40-9-5-7-33-27-53(51-46(33)40)35-13-10-30(11-14-35)32-8-6-22-52(26-32)21-4-2-1-3-20-50-44(55)29-58-37-16-18-38-31(24-37)12-19-43-45(38)42(28-59-43)39-17-15-36(54)23-34-25-41(34)47(39)56/h5,7,9-14,16,18-19,24,27-28,32,34,39,41H,1-4,6,8,15,17,20-23,25-26,29H2,(H2,49,57)(H,50,55)/t32-,34+,39?,41?/m1/s1. The maximum atomic E-state index is 13.4. The first kappa shape index (κ1) is 38.7. The number of nitrogens with zero attached hydrogens (tertiary/aromatic N) is 3. The Morgan fingerprint density at radius 3 is 2.68 bits per heavy atom. The smallest absolute Gasteiger partial charge is 0.257 e. The number of benzene rings is 4. The third-order valence-corrected chi connectivity index (χ3v) is 12.8. The van der Waals surface area contributed by atoms with Gasteiger partial charge in [-0.15, -0.1) is 0 Å². The van der Waals surface area contributed by atoms with E-state index < -0.39 is 5.91 Å². The fraction of sp³-hybridized carbons (Fsp3) is 0.396. The van der Waals surface area contributed by atoms with Crippen molar-refractivity contribution < 1.29 is 28.3 Å². The number of primary amides is 1. The number of piperidine rings is 1. The average molecular weight is 794 g/mol. The molecule has 11 nitrogen and oxygen atoms in total. The first-order valence-corrected chi connectivity index (χ1v) is 21.3. The molecule has 6 aromatic rings. The predicted molar refractivity (Wildman–Crippen MR) is 227 cm³/mol. The molecule has 0 bridgehead atoms. The van der Waals surface area contributed by atoms with Crippen molar-refractivity contribution in [3.8, 4) is 11.4 Å². The van der Waals surface area contributed by atoms with Gasteiger partial charge < -0.3 is 25.1 Å². The number of hydrogen-bond donors (Lipinski definition) is 2. The van der Waals surface area contributed by atoms with Crippen LogP contribution in [0.4, 0.5) is 0 Å². The van der Waals surface area contributed by atoms with Gasteiger partial charge in [0.1, 0.15) is 28.4 Å². The van der Waals surface area contributed by atoms with Crippen molar-refractivity contribution in [3.05, 3.63) is 102 Å². The molecule has 304 valence electrons. The quantitative estimate of drug-likeness (QED) is 0.105. The maximum Gasteiger partial charge on any atom is 0.257 e. The molecule has 3 N–H and O–H groups in total. The number of carbonyl (C=O) groups excluding carboxylic acids is 4. The van der Waals surface area contributed by atoms with Crippen LogP contribution in [0.2, 0.25) is 0 Å². The number of nitrogens with one attached hydrogen (secondary N) is 1. The minimum Gasteiger partial charge on any atom is -0.484 e. The average Bonchev–Trinajstić information content (AvgIpc) is 3.63. The number of Topliss-reactive ketones (excluding diaryl/α,β-unsaturated/α-hetero) is 2. The summed E-state index contributed by atoms with van der Waals surface area (Å²) in [6.07, 6.45) is 12.5. The van der Waals surface area contributed by atoms with Crippen LogP contribution >= 0.6 is 0 Å². The molecule has 2 aliphatic carbocycles. The van der Waals surface area contributed by atoms with Gasteiger partial charge in [0.05, 0.1) is 17.5 Å². The molecule has 9 rings (SSSR count). The van der Waals surface area contributed by atoms with Crippen molar-refractivity contribution >= 4 is 56.0 Å². The van der Waals surface area contributed by atoms with E-state index in [4.69, 9.17) is 14.9 Å². The Morgan fingerprint density at radius 1 is 0.949 bits per heavy atom. The molecule has 2 aromatic heterocycles. The van der Waals surface area contributed by atoms with Crippen molar-refractivity contribution in [1.29, 1.82) is 0 Å². The van der Waals surface area contributed by atoms with E-state index >= 15 is 0 Å². The van der Waals surface area contributed by atoms with E-state index in [9.17, 15) is 19.2 Å². The van der Waals surface area contributed by atoms with E-state index in [0.29, 0.717) is 48.6 Å². The van der Waals surface area contributed by atoms with E-state index in [1.54, 1.807) is 12.3 Å². The summed E-state index contributed by atoms with van der Waals surface area (Å²) in [7, 11) is 0. The molecule has 3 aliphatic rings. The third kappa shape index (κ3) is 8.39. The topological polar surface area (TPSA) is 150 Å². The lowest BCUT2D eigenvalue weighted by Gasteiger charge is -2.33. The normalized spacial score (nSPS) is 21.0. The van der Waals surface area contributed by atoms with E-state index in [1.165, 1.54) is 18.4 Å². The van der Waals surface area contributed by atoms with Crippen molar-refractivity contribution in [1.82, 2.24) is 20.0 Å². The Bertz CT molecular complexity index is 2540. The minimum atomic E-state index is -0.477. The van der Waals surface area contributed by atoms with Gasteiger partial charge in [-0.2, -0.15) is 5.10 Å². The van der Waals surface area contributed by atoms with Crippen LogP contribution in [-0.2, 0) is 14.4 Å². The zero-order valence-corrected chi connectivity index (χ0v) is 33.4. The highest BCUT2D eigenvalue weighted by Crippen LogP contribution is 2.49. The van der Waals surface area contributed by atoms with Gasteiger partial charge in [-0.3, -0.25) is 19.2 Å². The fourth-order valence-electron chi connectivity index (χ4n) is 9.50. The zero-order chi connectivity index (χ0) is 40.5. The van der Waals surface area contributed by atoms with Crippen molar-refractivity contribution in [3.63, 3.8) is 0 Å². The number of ketones is 2. The summed E-state index contributed by atoms with van der Waals surface area (Å²) in [5, 5.41) is 11.4. The Hall–Kier alpha value is -5.81. The number of aromatic nitrogens is 2. The first-order valence-electron chi connectivity index (χ1n) is 21.3. The molecular weight excluding hydrogens is 743 g/mol. The fourth-order valence-corrected chi connectivity index (χ4v) is 9.50. The molecule has 1 aliphatic heterocycles. The summed E-state index contributed by atoms with van der Waals surface area (Å²) >= 11 is 0. The molecule has 0 radical (unpaired) electrons. The Balaban J connectivity index is 0.696. The Labute approximate surface area is 343 Å². The highest BCUT2D eigenvalue weighted by molar-refractivity contribution is 6.10. The van der Waals surface area contributed by atoms with E-state index in [-0.39, 0.29) is 41.8 Å². The lowest BCUT2D eigenvalue weighted by atomic mass is 9.83. The summed E-state index contributed by atoms with van der Waals surface area (Å²) < 4.78 is 13.6. The molecule has 11 heteroatoms. The molecule has 1 saturated heterocycles. The number of hydrogen-bond acceptors (Lipinski definition) is 8. The highest BCUT2D eigenvalue weighted by atomic mass is 16.5. The van der Waals surface area contributed by atoms with Gasteiger partial charge in [0, 0.05) is 60.3 Å². The number of unbranched alkanes of at least 4 members (excludes halogenated alkanes) is 3. The minimum absolute atomic E-state index is 0.00722. The van der Waals surface area contributed by atoms with Gasteiger partial charge in [0.25, 0.3) is 11.8 Å². The molecular formula is C48H51N5O6.